The highest BCUT2D eigenvalue weighted by molar-refractivity contribution is 5.56. The Bertz CT molecular complexity index is 442. The van der Waals surface area contributed by atoms with Crippen LogP contribution in [0.4, 0.5) is 4.39 Å². The van der Waals surface area contributed by atoms with Crippen molar-refractivity contribution in [1.29, 1.82) is 5.26 Å². The molecular weight excluding hydrogens is 203 g/mol. The summed E-state index contributed by atoms with van der Waals surface area (Å²) in [6, 6.07) is 6.31. The van der Waals surface area contributed by atoms with Gasteiger partial charge in [-0.1, -0.05) is 31.6 Å². The molecule has 2 nitrogen and oxygen atoms in total. The van der Waals surface area contributed by atoms with Crippen LogP contribution in [0.5, 0.6) is 0 Å². The molecule has 0 spiro atoms. The lowest BCUT2D eigenvalue weighted by molar-refractivity contribution is 0.624. The third-order valence-electron chi connectivity index (χ3n) is 2.44. The van der Waals surface area contributed by atoms with Crippen LogP contribution in [0.3, 0.4) is 0 Å². The molecule has 0 aliphatic carbocycles. The van der Waals surface area contributed by atoms with Gasteiger partial charge in [-0.2, -0.15) is 5.26 Å². The Labute approximate surface area is 95.2 Å². The maximum atomic E-state index is 13.1. The van der Waals surface area contributed by atoms with E-state index in [0.717, 1.165) is 11.1 Å². The molecule has 1 aromatic rings. The highest BCUT2D eigenvalue weighted by Gasteiger charge is 2.04. The lowest BCUT2D eigenvalue weighted by atomic mass is 10.00. The maximum Gasteiger partial charge on any atom is 0.140 e. The van der Waals surface area contributed by atoms with E-state index in [1.54, 1.807) is 6.07 Å². The van der Waals surface area contributed by atoms with E-state index in [0.29, 0.717) is 12.5 Å². The summed E-state index contributed by atoms with van der Waals surface area (Å²) < 4.78 is 13.1. The second-order valence-corrected chi connectivity index (χ2v) is 3.93. The molecule has 0 fully saturated rings. The van der Waals surface area contributed by atoms with Crippen molar-refractivity contribution < 1.29 is 4.39 Å². The molecule has 16 heavy (non-hydrogen) atoms. The summed E-state index contributed by atoms with van der Waals surface area (Å²) in [5.74, 6) is -0.140. The third-order valence-corrected chi connectivity index (χ3v) is 2.44. The first-order valence-corrected chi connectivity index (χ1v) is 5.18. The first-order chi connectivity index (χ1) is 7.58. The number of rotatable bonds is 3. The van der Waals surface area contributed by atoms with Crippen molar-refractivity contribution in [3.8, 4) is 6.07 Å². The van der Waals surface area contributed by atoms with Gasteiger partial charge < -0.3 is 5.73 Å². The summed E-state index contributed by atoms with van der Waals surface area (Å²) in [6.07, 6.45) is 1.91. The minimum Gasteiger partial charge on any atom is -0.327 e. The first-order valence-electron chi connectivity index (χ1n) is 5.18. The maximum absolute atomic E-state index is 13.1. The van der Waals surface area contributed by atoms with Gasteiger partial charge in [-0.15, -0.1) is 0 Å². The molecule has 0 atom stereocenters. The molecule has 0 bridgehead atoms. The van der Waals surface area contributed by atoms with Gasteiger partial charge >= 0.3 is 0 Å². The fourth-order valence-electron chi connectivity index (χ4n) is 1.39. The largest absolute Gasteiger partial charge is 0.327 e. The predicted molar refractivity (Wildman–Crippen MR) is 63.0 cm³/mol. The SMILES string of the molecule is CC(C)/C(=C/c1ccc(F)c(C#N)c1)CN. The molecule has 0 aliphatic heterocycles. The predicted octanol–water partition coefficient (Wildman–Crippen LogP) is 2.70. The third kappa shape index (κ3) is 2.91. The van der Waals surface area contributed by atoms with Crippen LogP contribution < -0.4 is 5.73 Å². The summed E-state index contributed by atoms with van der Waals surface area (Å²) in [4.78, 5) is 0. The second-order valence-electron chi connectivity index (χ2n) is 3.93. The summed E-state index contributed by atoms with van der Waals surface area (Å²) in [7, 11) is 0. The summed E-state index contributed by atoms with van der Waals surface area (Å²) in [5.41, 5.74) is 7.57. The molecule has 0 saturated heterocycles. The van der Waals surface area contributed by atoms with Crippen molar-refractivity contribution >= 4 is 6.08 Å². The Morgan fingerprint density at radius 3 is 2.75 bits per heavy atom. The molecule has 2 N–H and O–H groups in total. The summed E-state index contributed by atoms with van der Waals surface area (Å²) in [6.45, 7) is 4.57. The van der Waals surface area contributed by atoms with Crippen LogP contribution >= 0.6 is 0 Å². The number of nitriles is 1. The van der Waals surface area contributed by atoms with Crippen molar-refractivity contribution in [2.75, 3.05) is 6.54 Å². The number of hydrogen-bond donors (Lipinski definition) is 1. The minimum absolute atomic E-state index is 0.0638. The highest BCUT2D eigenvalue weighted by atomic mass is 19.1. The summed E-state index contributed by atoms with van der Waals surface area (Å²) >= 11 is 0. The first kappa shape index (κ1) is 12.4. The van der Waals surface area contributed by atoms with Crippen LogP contribution in [0.1, 0.15) is 25.0 Å². The molecular formula is C13H15FN2. The van der Waals surface area contributed by atoms with Gasteiger partial charge in [0.15, 0.2) is 0 Å². The van der Waals surface area contributed by atoms with E-state index in [1.807, 2.05) is 26.0 Å². The molecule has 0 heterocycles. The topological polar surface area (TPSA) is 49.8 Å². The van der Waals surface area contributed by atoms with Gasteiger partial charge in [0, 0.05) is 6.54 Å². The van der Waals surface area contributed by atoms with Gasteiger partial charge in [-0.3, -0.25) is 0 Å². The van der Waals surface area contributed by atoms with Gasteiger partial charge in [0.05, 0.1) is 5.56 Å². The van der Waals surface area contributed by atoms with Crippen molar-refractivity contribution in [2.45, 2.75) is 13.8 Å². The van der Waals surface area contributed by atoms with E-state index < -0.39 is 5.82 Å². The zero-order valence-corrected chi connectivity index (χ0v) is 9.50. The van der Waals surface area contributed by atoms with Crippen LogP contribution in [0, 0.1) is 23.1 Å². The Morgan fingerprint density at radius 2 is 2.25 bits per heavy atom. The molecule has 0 saturated carbocycles. The van der Waals surface area contributed by atoms with Gasteiger partial charge in [0.1, 0.15) is 11.9 Å². The average molecular weight is 218 g/mol. The van der Waals surface area contributed by atoms with Crippen LogP contribution in [0.2, 0.25) is 0 Å². The quantitative estimate of drug-likeness (QED) is 0.848. The molecule has 0 amide bonds. The molecule has 1 aromatic carbocycles. The van der Waals surface area contributed by atoms with Crippen molar-refractivity contribution in [3.05, 3.63) is 40.7 Å². The molecule has 3 heteroatoms. The van der Waals surface area contributed by atoms with Crippen LogP contribution in [-0.4, -0.2) is 6.54 Å². The molecule has 84 valence electrons. The van der Waals surface area contributed by atoms with Crippen molar-refractivity contribution in [2.24, 2.45) is 11.7 Å². The van der Waals surface area contributed by atoms with Crippen molar-refractivity contribution in [3.63, 3.8) is 0 Å². The Morgan fingerprint density at radius 1 is 1.56 bits per heavy atom. The van der Waals surface area contributed by atoms with Gasteiger partial charge in [0.25, 0.3) is 0 Å². The average Bonchev–Trinajstić information content (AvgIpc) is 2.27. The zero-order chi connectivity index (χ0) is 12.1. The normalized spacial score (nSPS) is 11.6. The van der Waals surface area contributed by atoms with E-state index in [9.17, 15) is 4.39 Å². The molecule has 0 aliphatic rings. The van der Waals surface area contributed by atoms with Crippen LogP contribution in [-0.2, 0) is 0 Å². The lowest BCUT2D eigenvalue weighted by Gasteiger charge is -2.08. The van der Waals surface area contributed by atoms with Crippen molar-refractivity contribution in [1.82, 2.24) is 0 Å². The van der Waals surface area contributed by atoms with Gasteiger partial charge in [-0.25, -0.2) is 4.39 Å². The molecule has 1 rings (SSSR count). The number of nitrogens with zero attached hydrogens (tertiary/aromatic N) is 1. The zero-order valence-electron chi connectivity index (χ0n) is 9.50. The van der Waals surface area contributed by atoms with E-state index in [-0.39, 0.29) is 5.56 Å². The van der Waals surface area contributed by atoms with Gasteiger partial charge in [-0.05, 0) is 23.6 Å². The van der Waals surface area contributed by atoms with Crippen LogP contribution in [0.15, 0.2) is 23.8 Å². The smallest absolute Gasteiger partial charge is 0.140 e. The van der Waals surface area contributed by atoms with E-state index in [2.05, 4.69) is 0 Å². The van der Waals surface area contributed by atoms with E-state index in [1.165, 1.54) is 12.1 Å². The van der Waals surface area contributed by atoms with Gasteiger partial charge in [0.2, 0.25) is 0 Å². The fraction of sp³-hybridized carbons (Fsp3) is 0.308. The number of hydrogen-bond acceptors (Lipinski definition) is 2. The Kier molecular flexibility index (Phi) is 4.21. The minimum atomic E-state index is -0.488. The summed E-state index contributed by atoms with van der Waals surface area (Å²) in [5, 5.41) is 8.71. The molecule has 0 radical (unpaired) electrons. The second kappa shape index (κ2) is 5.43. The number of nitrogens with two attached hydrogens (primary N) is 1. The Hall–Kier alpha value is -1.66. The standard InChI is InChI=1S/C13H15FN2/c1-9(2)11(7-15)5-10-3-4-13(14)12(6-10)8-16/h3-6,9H,7,15H2,1-2H3/b11-5+. The Balaban J connectivity index is 3.11. The number of benzene rings is 1. The van der Waals surface area contributed by atoms with Crippen LogP contribution in [0.25, 0.3) is 6.08 Å². The lowest BCUT2D eigenvalue weighted by Crippen LogP contribution is -2.08. The monoisotopic (exact) mass is 218 g/mol. The molecule has 0 unspecified atom stereocenters. The number of halogens is 1. The van der Waals surface area contributed by atoms with E-state index >= 15 is 0 Å². The van der Waals surface area contributed by atoms with E-state index in [4.69, 9.17) is 11.0 Å². The fourth-order valence-corrected chi connectivity index (χ4v) is 1.39. The highest BCUT2D eigenvalue weighted by Crippen LogP contribution is 2.16. The molecule has 0 aromatic heterocycles.